The van der Waals surface area contributed by atoms with Gasteiger partial charge in [-0.15, -0.1) is 0 Å². The van der Waals surface area contributed by atoms with Crippen molar-refractivity contribution in [3.63, 3.8) is 0 Å². The van der Waals surface area contributed by atoms with Crippen molar-refractivity contribution in [3.8, 4) is 28.8 Å². The van der Waals surface area contributed by atoms with Crippen molar-refractivity contribution in [2.45, 2.75) is 6.54 Å². The van der Waals surface area contributed by atoms with Crippen molar-refractivity contribution in [2.75, 3.05) is 13.7 Å². The fourth-order valence-corrected chi connectivity index (χ4v) is 3.36. The Kier molecular flexibility index (Phi) is 6.28. The zero-order chi connectivity index (χ0) is 22.3. The molecule has 32 heavy (non-hydrogen) atoms. The number of hydrogen-bond acceptors (Lipinski definition) is 4. The van der Waals surface area contributed by atoms with Gasteiger partial charge in [0.25, 0.3) is 5.91 Å². The molecule has 6 nitrogen and oxygen atoms in total. The third kappa shape index (κ3) is 4.68. The summed E-state index contributed by atoms with van der Waals surface area (Å²) in [6.45, 7) is 0.224. The molecule has 0 spiro atoms. The van der Waals surface area contributed by atoms with Crippen LogP contribution in [0.25, 0.3) is 16.9 Å². The van der Waals surface area contributed by atoms with Crippen LogP contribution in [0.4, 0.5) is 0 Å². The quantitative estimate of drug-likeness (QED) is 0.441. The maximum Gasteiger partial charge on any atom is 0.260 e. The second-order valence-corrected chi connectivity index (χ2v) is 7.30. The van der Waals surface area contributed by atoms with E-state index in [1.807, 2.05) is 71.5 Å². The van der Waals surface area contributed by atoms with E-state index < -0.39 is 0 Å². The molecule has 0 aliphatic heterocycles. The van der Waals surface area contributed by atoms with Gasteiger partial charge < -0.3 is 9.64 Å². The van der Waals surface area contributed by atoms with Crippen molar-refractivity contribution in [1.29, 1.82) is 5.26 Å². The molecule has 0 saturated carbocycles. The number of nitrogens with zero attached hydrogens (tertiary/aromatic N) is 4. The van der Waals surface area contributed by atoms with E-state index >= 15 is 0 Å². The van der Waals surface area contributed by atoms with Crippen LogP contribution < -0.4 is 4.74 Å². The van der Waals surface area contributed by atoms with E-state index in [0.29, 0.717) is 17.9 Å². The predicted molar refractivity (Wildman–Crippen MR) is 122 cm³/mol. The summed E-state index contributed by atoms with van der Waals surface area (Å²) >= 11 is 0. The third-order valence-corrected chi connectivity index (χ3v) is 5.05. The van der Waals surface area contributed by atoms with Crippen molar-refractivity contribution >= 4 is 5.91 Å². The lowest BCUT2D eigenvalue weighted by molar-refractivity contribution is -0.132. The van der Waals surface area contributed by atoms with Crippen molar-refractivity contribution in [3.05, 3.63) is 102 Å². The Balaban J connectivity index is 1.54. The van der Waals surface area contributed by atoms with E-state index in [2.05, 4.69) is 6.07 Å². The summed E-state index contributed by atoms with van der Waals surface area (Å²) in [5.74, 6) is 0.211. The number of para-hydroxylation sites is 2. The number of amides is 1. The van der Waals surface area contributed by atoms with Crippen LogP contribution in [0.1, 0.15) is 11.1 Å². The maximum absolute atomic E-state index is 12.7. The summed E-state index contributed by atoms with van der Waals surface area (Å²) in [7, 11) is 1.73. The first-order valence-electron chi connectivity index (χ1n) is 10.2. The lowest BCUT2D eigenvalue weighted by atomic mass is 10.1. The van der Waals surface area contributed by atoms with Crippen molar-refractivity contribution in [1.82, 2.24) is 14.7 Å². The van der Waals surface area contributed by atoms with Gasteiger partial charge in [-0.05, 0) is 24.3 Å². The van der Waals surface area contributed by atoms with Crippen LogP contribution in [0, 0.1) is 11.3 Å². The van der Waals surface area contributed by atoms with Crippen LogP contribution in [-0.2, 0) is 11.3 Å². The van der Waals surface area contributed by atoms with Gasteiger partial charge in [0.15, 0.2) is 6.61 Å². The Bertz CT molecular complexity index is 1240. The highest BCUT2D eigenvalue weighted by Gasteiger charge is 2.17. The molecule has 3 aromatic carbocycles. The molecule has 1 amide bonds. The van der Waals surface area contributed by atoms with Crippen molar-refractivity contribution < 1.29 is 9.53 Å². The number of carbonyl (C=O) groups is 1. The zero-order valence-corrected chi connectivity index (χ0v) is 17.7. The minimum Gasteiger partial charge on any atom is -0.482 e. The molecule has 0 unspecified atom stereocenters. The topological polar surface area (TPSA) is 71.2 Å². The van der Waals surface area contributed by atoms with Crippen LogP contribution in [0.3, 0.4) is 0 Å². The number of carbonyl (C=O) groups excluding carboxylic acids is 1. The Morgan fingerprint density at radius 3 is 2.38 bits per heavy atom. The highest BCUT2D eigenvalue weighted by Crippen LogP contribution is 2.25. The Labute approximate surface area is 186 Å². The van der Waals surface area contributed by atoms with E-state index in [0.717, 1.165) is 22.5 Å². The van der Waals surface area contributed by atoms with Gasteiger partial charge in [0.05, 0.1) is 16.9 Å². The molecular weight excluding hydrogens is 400 g/mol. The second kappa shape index (κ2) is 9.63. The summed E-state index contributed by atoms with van der Waals surface area (Å²) in [5.41, 5.74) is 4.08. The van der Waals surface area contributed by atoms with E-state index in [4.69, 9.17) is 9.84 Å². The summed E-state index contributed by atoms with van der Waals surface area (Å²) < 4.78 is 7.43. The van der Waals surface area contributed by atoms with Crippen molar-refractivity contribution in [2.24, 2.45) is 0 Å². The molecule has 158 valence electrons. The summed E-state index contributed by atoms with van der Waals surface area (Å²) in [6.07, 6.45) is 1.95. The summed E-state index contributed by atoms with van der Waals surface area (Å²) in [5, 5.41) is 14.0. The second-order valence-electron chi connectivity index (χ2n) is 7.30. The Hall–Kier alpha value is -4.37. The minimum atomic E-state index is -0.191. The number of rotatable bonds is 7. The van der Waals surface area contributed by atoms with E-state index in [-0.39, 0.29) is 12.5 Å². The highest BCUT2D eigenvalue weighted by molar-refractivity contribution is 5.78. The number of benzene rings is 3. The molecule has 0 atom stereocenters. The molecule has 1 heterocycles. The fourth-order valence-electron chi connectivity index (χ4n) is 3.36. The smallest absolute Gasteiger partial charge is 0.260 e. The van der Waals surface area contributed by atoms with E-state index in [1.54, 1.807) is 36.2 Å². The average molecular weight is 422 g/mol. The molecule has 1 aromatic heterocycles. The van der Waals surface area contributed by atoms with Crippen LogP contribution in [0.15, 0.2) is 91.1 Å². The summed E-state index contributed by atoms with van der Waals surface area (Å²) in [4.78, 5) is 14.3. The van der Waals surface area contributed by atoms with Gasteiger partial charge in [-0.2, -0.15) is 10.4 Å². The SMILES string of the molecule is CN(Cc1cn(-c2ccccc2)nc1-c1ccccc1)C(=O)COc1ccccc1C#N. The van der Waals surface area contributed by atoms with Gasteiger partial charge in [-0.1, -0.05) is 60.7 Å². The molecule has 6 heteroatoms. The Morgan fingerprint density at radius 2 is 1.66 bits per heavy atom. The number of nitriles is 1. The molecular formula is C26H22N4O2. The molecule has 0 saturated heterocycles. The molecule has 0 aliphatic carbocycles. The molecule has 0 fully saturated rings. The Morgan fingerprint density at radius 1 is 1.00 bits per heavy atom. The molecule has 0 N–H and O–H groups in total. The molecule has 0 radical (unpaired) electrons. The highest BCUT2D eigenvalue weighted by atomic mass is 16.5. The monoisotopic (exact) mass is 422 g/mol. The average Bonchev–Trinajstić information content (AvgIpc) is 3.27. The predicted octanol–water partition coefficient (Wildman–Crippen LogP) is 4.45. The van der Waals surface area contributed by atoms with E-state index in [1.165, 1.54) is 0 Å². The van der Waals surface area contributed by atoms with E-state index in [9.17, 15) is 10.1 Å². The summed E-state index contributed by atoms with van der Waals surface area (Å²) in [6, 6.07) is 28.7. The molecule has 0 aliphatic rings. The largest absolute Gasteiger partial charge is 0.482 e. The molecule has 4 rings (SSSR count). The van der Waals surface area contributed by atoms with Gasteiger partial charge in [-0.25, -0.2) is 4.68 Å². The van der Waals surface area contributed by atoms with Gasteiger partial charge in [-0.3, -0.25) is 4.79 Å². The van der Waals surface area contributed by atoms with Crippen LogP contribution in [0.5, 0.6) is 5.75 Å². The van der Waals surface area contributed by atoms with Gasteiger partial charge in [0, 0.05) is 30.9 Å². The first-order chi connectivity index (χ1) is 15.7. The van der Waals surface area contributed by atoms with Gasteiger partial charge in [0.1, 0.15) is 11.8 Å². The van der Waals surface area contributed by atoms with Gasteiger partial charge in [0.2, 0.25) is 0 Å². The van der Waals surface area contributed by atoms with Crippen LogP contribution in [-0.4, -0.2) is 34.2 Å². The number of aromatic nitrogens is 2. The fraction of sp³-hybridized carbons (Fsp3) is 0.115. The first kappa shape index (κ1) is 20.9. The zero-order valence-electron chi connectivity index (χ0n) is 17.7. The lowest BCUT2D eigenvalue weighted by Gasteiger charge is -2.17. The number of likely N-dealkylation sites (N-methyl/N-ethyl adjacent to an activating group) is 1. The van der Waals surface area contributed by atoms with Crippen LogP contribution >= 0.6 is 0 Å². The normalized spacial score (nSPS) is 10.4. The lowest BCUT2D eigenvalue weighted by Crippen LogP contribution is -2.31. The number of ether oxygens (including phenoxy) is 1. The minimum absolute atomic E-state index is 0.150. The molecule has 4 aromatic rings. The van der Waals surface area contributed by atoms with Crippen LogP contribution in [0.2, 0.25) is 0 Å². The standard InChI is InChI=1S/C26H22N4O2/c1-29(25(31)19-32-24-15-9-8-12-21(24)16-27)17-22-18-30(23-13-6-3-7-14-23)28-26(22)20-10-4-2-5-11-20/h2-15,18H,17,19H2,1H3. The first-order valence-corrected chi connectivity index (χ1v) is 10.2. The molecule has 0 bridgehead atoms. The van der Waals surface area contributed by atoms with Gasteiger partial charge >= 0.3 is 0 Å². The third-order valence-electron chi connectivity index (χ3n) is 5.05. The number of hydrogen-bond donors (Lipinski definition) is 0. The maximum atomic E-state index is 12.7.